The van der Waals surface area contributed by atoms with E-state index in [2.05, 4.69) is 10.3 Å². The van der Waals surface area contributed by atoms with Crippen molar-refractivity contribution < 1.29 is 40.8 Å². The van der Waals surface area contributed by atoms with Gasteiger partial charge in [-0.05, 0) is 24.3 Å². The zero-order valence-corrected chi connectivity index (χ0v) is 18.1. The number of anilines is 2. The minimum Gasteiger partial charge on any atom is -0.491 e. The molecule has 2 heterocycles. The van der Waals surface area contributed by atoms with Gasteiger partial charge in [0.25, 0.3) is 0 Å². The van der Waals surface area contributed by atoms with Gasteiger partial charge in [-0.25, -0.2) is 18.4 Å². The number of nitrogens with one attached hydrogen (secondary N) is 2. The Labute approximate surface area is 185 Å². The molecule has 2 aromatic rings. The summed E-state index contributed by atoms with van der Waals surface area (Å²) in [5.74, 6) is -4.54. The molecule has 0 spiro atoms. The number of ether oxygens (including phenoxy) is 1. The van der Waals surface area contributed by atoms with Gasteiger partial charge in [-0.2, -0.15) is 17.6 Å². The fourth-order valence-electron chi connectivity index (χ4n) is 3.45. The molecule has 1 aromatic carbocycles. The molecule has 8 nitrogen and oxygen atoms in total. The lowest BCUT2D eigenvalue weighted by molar-refractivity contribution is -0.251. The number of pyridine rings is 1. The van der Waals surface area contributed by atoms with Crippen LogP contribution in [-0.4, -0.2) is 57.9 Å². The van der Waals surface area contributed by atoms with E-state index in [-0.39, 0.29) is 16.4 Å². The van der Waals surface area contributed by atoms with Crippen molar-refractivity contribution in [3.05, 3.63) is 42.1 Å². The molecular formula is C19H19F5N4O4S. The second-order valence-electron chi connectivity index (χ2n) is 7.51. The van der Waals surface area contributed by atoms with Gasteiger partial charge in [-0.3, -0.25) is 4.79 Å². The molecule has 0 bridgehead atoms. The van der Waals surface area contributed by atoms with E-state index in [1.165, 1.54) is 6.07 Å². The number of rotatable bonds is 5. The van der Waals surface area contributed by atoms with Crippen molar-refractivity contribution in [2.75, 3.05) is 30.1 Å². The molecule has 1 saturated heterocycles. The van der Waals surface area contributed by atoms with Crippen molar-refractivity contribution in [2.45, 2.75) is 29.3 Å². The van der Waals surface area contributed by atoms with Crippen LogP contribution in [0.15, 0.2) is 35.5 Å². The predicted octanol–water partition coefficient (Wildman–Crippen LogP) is 2.91. The highest BCUT2D eigenvalue weighted by molar-refractivity contribution is 7.91. The summed E-state index contributed by atoms with van der Waals surface area (Å²) in [6, 6.07) is 2.32. The topological polar surface area (TPSA) is 116 Å². The smallest absolute Gasteiger partial charge is 0.419 e. The Kier molecular flexibility index (Phi) is 6.28. The first-order chi connectivity index (χ1) is 15.2. The van der Waals surface area contributed by atoms with Crippen molar-refractivity contribution in [1.82, 2.24) is 4.98 Å². The van der Waals surface area contributed by atoms with Crippen LogP contribution < -0.4 is 15.0 Å². The highest BCUT2D eigenvalue weighted by Crippen LogP contribution is 2.45. The molecule has 1 aliphatic rings. The van der Waals surface area contributed by atoms with Crippen molar-refractivity contribution in [2.24, 2.45) is 0 Å². The third-order valence-electron chi connectivity index (χ3n) is 5.11. The van der Waals surface area contributed by atoms with Crippen molar-refractivity contribution >= 4 is 27.0 Å². The molecule has 33 heavy (non-hydrogen) atoms. The maximum Gasteiger partial charge on any atom is 0.419 e. The Morgan fingerprint density at radius 3 is 2.61 bits per heavy atom. The minimum absolute atomic E-state index is 0.00789. The first-order valence-corrected chi connectivity index (χ1v) is 11.2. The number of β-amino-alcohol motifs (C(OH)–C–C–N with tert-alkyl or cyclic N) is 1. The van der Waals surface area contributed by atoms with Gasteiger partial charge < -0.3 is 20.1 Å². The highest BCUT2D eigenvalue weighted by Gasteiger charge is 2.61. The number of carbonyl (C=O) groups excluding carboxylic acids is 1. The van der Waals surface area contributed by atoms with E-state index >= 15 is 0 Å². The molecule has 180 valence electrons. The number of halogens is 5. The summed E-state index contributed by atoms with van der Waals surface area (Å²) in [7, 11) is -2.27. The van der Waals surface area contributed by atoms with Crippen LogP contribution in [0.1, 0.15) is 6.42 Å². The molecule has 1 amide bonds. The van der Waals surface area contributed by atoms with Gasteiger partial charge in [0.2, 0.25) is 11.7 Å². The molecule has 14 heteroatoms. The Hall–Kier alpha value is -3.00. The van der Waals surface area contributed by atoms with Gasteiger partial charge in [0, 0.05) is 24.6 Å². The summed E-state index contributed by atoms with van der Waals surface area (Å²) >= 11 is 0. The summed E-state index contributed by atoms with van der Waals surface area (Å²) < 4.78 is 92.8. The molecule has 1 aliphatic heterocycles. The largest absolute Gasteiger partial charge is 0.491 e. The molecule has 1 fully saturated rings. The number of aromatic nitrogens is 1. The van der Waals surface area contributed by atoms with Crippen molar-refractivity contribution in [1.29, 1.82) is 4.78 Å². The van der Waals surface area contributed by atoms with Crippen LogP contribution in [0.4, 0.5) is 33.3 Å². The second kappa shape index (κ2) is 8.41. The van der Waals surface area contributed by atoms with Crippen LogP contribution >= 0.6 is 0 Å². The van der Waals surface area contributed by atoms with E-state index in [0.717, 1.165) is 36.6 Å². The maximum atomic E-state index is 14.2. The number of methoxy groups -OCH3 is 1. The summed E-state index contributed by atoms with van der Waals surface area (Å²) in [5, 5.41) is 12.4. The number of amides is 1. The van der Waals surface area contributed by atoms with Gasteiger partial charge in [-0.15, -0.1) is 0 Å². The lowest BCUT2D eigenvalue weighted by atomic mass is 9.99. The Morgan fingerprint density at radius 1 is 1.36 bits per heavy atom. The minimum atomic E-state index is -5.13. The molecule has 3 atom stereocenters. The summed E-state index contributed by atoms with van der Waals surface area (Å²) in [5.41, 5.74) is -3.70. The molecule has 3 unspecified atom stereocenters. The van der Waals surface area contributed by atoms with Crippen LogP contribution in [-0.2, 0) is 14.5 Å². The lowest BCUT2D eigenvalue weighted by Crippen LogP contribution is -2.47. The average molecular weight is 494 g/mol. The van der Waals surface area contributed by atoms with Crippen molar-refractivity contribution in [3.63, 3.8) is 0 Å². The van der Waals surface area contributed by atoms with Crippen LogP contribution in [0.2, 0.25) is 0 Å². The maximum absolute atomic E-state index is 14.2. The zero-order valence-electron chi connectivity index (χ0n) is 17.2. The molecule has 0 saturated carbocycles. The van der Waals surface area contributed by atoms with E-state index in [0.29, 0.717) is 6.07 Å². The Morgan fingerprint density at radius 2 is 2.03 bits per heavy atom. The van der Waals surface area contributed by atoms with Gasteiger partial charge >= 0.3 is 6.18 Å². The fourth-order valence-corrected chi connectivity index (χ4v) is 4.06. The average Bonchev–Trinajstić information content (AvgIpc) is 3.08. The van der Waals surface area contributed by atoms with Gasteiger partial charge in [0.05, 0.1) is 29.1 Å². The number of hydrogen-bond acceptors (Lipinski definition) is 7. The highest BCUT2D eigenvalue weighted by atomic mass is 32.2. The number of nitrogens with zero attached hydrogens (tertiary/aromatic N) is 2. The number of aliphatic hydroxyl groups is 1. The number of carbonyl (C=O) groups is 1. The Bertz CT molecular complexity index is 1190. The summed E-state index contributed by atoms with van der Waals surface area (Å²) in [6.45, 7) is -1.15. The second-order valence-corrected chi connectivity index (χ2v) is 9.61. The monoisotopic (exact) mass is 494 g/mol. The van der Waals surface area contributed by atoms with E-state index in [4.69, 9.17) is 9.52 Å². The normalized spacial score (nSPS) is 22.7. The van der Waals surface area contributed by atoms with Crippen molar-refractivity contribution in [3.8, 4) is 5.75 Å². The number of benzene rings is 1. The summed E-state index contributed by atoms with van der Waals surface area (Å²) in [4.78, 5) is 17.5. The van der Waals surface area contributed by atoms with E-state index in [1.807, 2.05) is 0 Å². The molecule has 1 aromatic heterocycles. The first kappa shape index (κ1) is 24.6. The molecule has 0 aliphatic carbocycles. The van der Waals surface area contributed by atoms with Gasteiger partial charge in [-0.1, -0.05) is 0 Å². The molecule has 0 radical (unpaired) electrons. The Balaban J connectivity index is 2.02. The SMILES string of the molecule is COc1c(N2CC(O)(C(F)(F)F)CC2C(=O)Nc2ccnc(S(C)(=N)=O)c2)ccc(F)c1F. The van der Waals surface area contributed by atoms with Gasteiger partial charge in [0.15, 0.2) is 17.2 Å². The number of hydrogen-bond donors (Lipinski definition) is 3. The standard InChI is InChI=1S/C19H19F5N4O4S/c1-32-16-12(4-3-11(20)15(16)21)28-9-18(30,19(22,23)24)8-13(28)17(29)27-10-5-6-26-14(7-10)33(2,25)31/h3-7,13,25,30H,8-9H2,1-2H3,(H,26,27,29). The summed E-state index contributed by atoms with van der Waals surface area (Å²) in [6.07, 6.45) is -3.99. The predicted molar refractivity (Wildman–Crippen MR) is 108 cm³/mol. The fraction of sp³-hybridized carbons (Fsp3) is 0.368. The molecule has 3 N–H and O–H groups in total. The first-order valence-electron chi connectivity index (χ1n) is 9.26. The molecular weight excluding hydrogens is 475 g/mol. The van der Waals surface area contributed by atoms with E-state index in [9.17, 15) is 36.1 Å². The molecule has 3 rings (SSSR count). The van der Waals surface area contributed by atoms with Crippen LogP contribution in [0.3, 0.4) is 0 Å². The lowest BCUT2D eigenvalue weighted by Gasteiger charge is -2.28. The third kappa shape index (κ3) is 4.71. The zero-order chi connectivity index (χ0) is 24.8. The van der Waals surface area contributed by atoms with Crippen LogP contribution in [0.5, 0.6) is 5.75 Å². The van der Waals surface area contributed by atoms with Crippen LogP contribution in [0, 0.1) is 16.4 Å². The van der Waals surface area contributed by atoms with E-state index in [1.54, 1.807) is 0 Å². The van der Waals surface area contributed by atoms with Crippen LogP contribution in [0.25, 0.3) is 0 Å². The number of alkyl halides is 3. The van der Waals surface area contributed by atoms with Gasteiger partial charge in [0.1, 0.15) is 11.1 Å². The quantitative estimate of drug-likeness (QED) is 0.551. The third-order valence-corrected chi connectivity index (χ3v) is 6.14. The van der Waals surface area contributed by atoms with E-state index < -0.39 is 63.8 Å².